The van der Waals surface area contributed by atoms with Crippen molar-refractivity contribution in [3.8, 4) is 0 Å². The van der Waals surface area contributed by atoms with Gasteiger partial charge in [0, 0.05) is 11.5 Å². The number of rotatable bonds is 2. The molecule has 4 aliphatic rings. The molecule has 130 valence electrons. The van der Waals surface area contributed by atoms with Crippen LogP contribution in [0.2, 0.25) is 0 Å². The first-order chi connectivity index (χ1) is 12.2. The predicted molar refractivity (Wildman–Crippen MR) is 97.3 cm³/mol. The first kappa shape index (κ1) is 15.3. The third kappa shape index (κ3) is 1.71. The molecule has 0 amide bonds. The van der Waals surface area contributed by atoms with Crippen LogP contribution in [0.5, 0.6) is 0 Å². The average Bonchev–Trinajstić information content (AvgIpc) is 3.21. The summed E-state index contributed by atoms with van der Waals surface area (Å²) in [6, 6.07) is 8.88. The summed E-state index contributed by atoms with van der Waals surface area (Å²) in [6.07, 6.45) is 6.65. The summed E-state index contributed by atoms with van der Waals surface area (Å²) in [5.74, 6) is -0.235. The number of fused-ring (bicyclic) bond motifs is 1. The number of carbonyl (C=O) groups is 1. The molecule has 25 heavy (non-hydrogen) atoms. The molecule has 4 heteroatoms. The summed E-state index contributed by atoms with van der Waals surface area (Å²) in [5, 5.41) is 0. The van der Waals surface area contributed by atoms with Crippen molar-refractivity contribution < 1.29 is 9.53 Å². The number of piperidine rings is 1. The van der Waals surface area contributed by atoms with Crippen molar-refractivity contribution in [2.75, 3.05) is 20.2 Å². The molecule has 1 aromatic rings. The minimum absolute atomic E-state index is 0.0365. The minimum Gasteiger partial charge on any atom is -0.465 e. The second-order valence-corrected chi connectivity index (χ2v) is 7.88. The maximum absolute atomic E-state index is 12.7. The second-order valence-electron chi connectivity index (χ2n) is 7.88. The lowest BCUT2D eigenvalue weighted by Crippen LogP contribution is -2.61. The Morgan fingerprint density at radius 1 is 1.32 bits per heavy atom. The van der Waals surface area contributed by atoms with Crippen molar-refractivity contribution in [3.05, 3.63) is 41.5 Å². The first-order valence-electron chi connectivity index (χ1n) is 9.40. The lowest BCUT2D eigenvalue weighted by Gasteiger charge is -2.54. The van der Waals surface area contributed by atoms with Gasteiger partial charge >= 0.3 is 5.97 Å². The van der Waals surface area contributed by atoms with Gasteiger partial charge in [0.2, 0.25) is 0 Å². The Hall–Kier alpha value is -1.94. The molecule has 3 atom stereocenters. The van der Waals surface area contributed by atoms with E-state index in [1.54, 1.807) is 0 Å². The minimum atomic E-state index is -0.235. The molecule has 0 bridgehead atoms. The van der Waals surface area contributed by atoms with Crippen LogP contribution in [0.3, 0.4) is 0 Å². The molecule has 0 unspecified atom stereocenters. The van der Waals surface area contributed by atoms with E-state index in [9.17, 15) is 4.79 Å². The van der Waals surface area contributed by atoms with Crippen LogP contribution >= 0.6 is 0 Å². The van der Waals surface area contributed by atoms with E-state index < -0.39 is 0 Å². The highest BCUT2D eigenvalue weighted by molar-refractivity contribution is 6.27. The number of aliphatic imine (C=N–C) groups is 1. The highest BCUT2D eigenvalue weighted by Crippen LogP contribution is 2.61. The molecule has 3 aliphatic heterocycles. The largest absolute Gasteiger partial charge is 0.465 e. The van der Waals surface area contributed by atoms with Crippen LogP contribution in [-0.4, -0.2) is 42.8 Å². The first-order valence-corrected chi connectivity index (χ1v) is 9.40. The molecule has 0 saturated carbocycles. The van der Waals surface area contributed by atoms with E-state index in [1.807, 2.05) is 6.07 Å². The summed E-state index contributed by atoms with van der Waals surface area (Å²) >= 11 is 0. The number of nitrogens with zero attached hydrogens (tertiary/aromatic N) is 2. The zero-order chi connectivity index (χ0) is 17.2. The molecular weight excluding hydrogens is 312 g/mol. The number of ether oxygens (including phenoxy) is 1. The van der Waals surface area contributed by atoms with Crippen LogP contribution in [0.4, 0.5) is 5.69 Å². The Kier molecular flexibility index (Phi) is 3.09. The fourth-order valence-corrected chi connectivity index (χ4v) is 6.11. The average molecular weight is 336 g/mol. The van der Waals surface area contributed by atoms with Crippen molar-refractivity contribution in [3.63, 3.8) is 0 Å². The summed E-state index contributed by atoms with van der Waals surface area (Å²) < 4.78 is 5.17. The van der Waals surface area contributed by atoms with Crippen molar-refractivity contribution in [1.82, 2.24) is 4.90 Å². The molecule has 0 radical (unpaired) electrons. The van der Waals surface area contributed by atoms with Gasteiger partial charge in [-0.25, -0.2) is 4.79 Å². The van der Waals surface area contributed by atoms with Gasteiger partial charge in [-0.2, -0.15) is 0 Å². The Labute approximate surface area is 148 Å². The van der Waals surface area contributed by atoms with Gasteiger partial charge in [0.25, 0.3) is 0 Å². The van der Waals surface area contributed by atoms with Gasteiger partial charge < -0.3 is 4.74 Å². The third-order valence-electron chi connectivity index (χ3n) is 7.05. The second kappa shape index (κ2) is 5.04. The number of para-hydroxylation sites is 1. The van der Waals surface area contributed by atoms with Gasteiger partial charge in [0.15, 0.2) is 0 Å². The van der Waals surface area contributed by atoms with Crippen LogP contribution in [-0.2, 0) is 14.9 Å². The van der Waals surface area contributed by atoms with E-state index >= 15 is 0 Å². The summed E-state index contributed by atoms with van der Waals surface area (Å²) in [7, 11) is 1.48. The van der Waals surface area contributed by atoms with Crippen molar-refractivity contribution >= 4 is 17.4 Å². The van der Waals surface area contributed by atoms with E-state index in [0.29, 0.717) is 11.6 Å². The zero-order valence-corrected chi connectivity index (χ0v) is 14.9. The van der Waals surface area contributed by atoms with Gasteiger partial charge in [0.05, 0.1) is 29.5 Å². The molecule has 0 aromatic heterocycles. The van der Waals surface area contributed by atoms with Crippen LogP contribution in [0, 0.1) is 5.41 Å². The summed E-state index contributed by atoms with van der Waals surface area (Å²) in [6.45, 7) is 4.51. The van der Waals surface area contributed by atoms with Gasteiger partial charge in [-0.05, 0) is 50.4 Å². The fraction of sp³-hybridized carbons (Fsp3) is 0.524. The van der Waals surface area contributed by atoms with Crippen LogP contribution in [0.25, 0.3) is 0 Å². The third-order valence-corrected chi connectivity index (χ3v) is 7.05. The Bertz CT molecular complexity index is 827. The molecule has 0 N–H and O–H groups in total. The van der Waals surface area contributed by atoms with E-state index in [0.717, 1.165) is 43.8 Å². The maximum atomic E-state index is 12.7. The SMILES string of the molecule is CC[C@@]12C=C(C(=O)OC)C3=Nc4ccccc4[C@@]34CCN(CCC1)[C@@H]24. The molecule has 2 saturated heterocycles. The smallest absolute Gasteiger partial charge is 0.339 e. The predicted octanol–water partition coefficient (Wildman–Crippen LogP) is 3.39. The molecule has 5 rings (SSSR count). The van der Waals surface area contributed by atoms with Gasteiger partial charge in [-0.15, -0.1) is 0 Å². The zero-order valence-electron chi connectivity index (χ0n) is 14.9. The maximum Gasteiger partial charge on any atom is 0.339 e. The Morgan fingerprint density at radius 2 is 2.16 bits per heavy atom. The number of hydrogen-bond acceptors (Lipinski definition) is 4. The van der Waals surface area contributed by atoms with E-state index in [-0.39, 0.29) is 16.8 Å². The van der Waals surface area contributed by atoms with Crippen LogP contribution < -0.4 is 0 Å². The molecular formula is C21H24N2O2. The quantitative estimate of drug-likeness (QED) is 0.778. The molecule has 1 spiro atoms. The van der Waals surface area contributed by atoms with E-state index in [4.69, 9.17) is 9.73 Å². The van der Waals surface area contributed by atoms with Gasteiger partial charge in [-0.3, -0.25) is 9.89 Å². The number of hydrogen-bond donors (Lipinski definition) is 0. The van der Waals surface area contributed by atoms with E-state index in [2.05, 4.69) is 36.1 Å². The molecule has 2 fully saturated rings. The van der Waals surface area contributed by atoms with Crippen LogP contribution in [0.15, 0.2) is 40.9 Å². The fourth-order valence-electron chi connectivity index (χ4n) is 6.11. The highest BCUT2D eigenvalue weighted by atomic mass is 16.5. The lowest BCUT2D eigenvalue weighted by atomic mass is 9.54. The Morgan fingerprint density at radius 3 is 2.96 bits per heavy atom. The lowest BCUT2D eigenvalue weighted by molar-refractivity contribution is -0.135. The molecule has 3 heterocycles. The standard InChI is InChI=1S/C21H24N2O2/c1-3-20-9-6-11-23-12-10-21(19(20)23)15-7-4-5-8-16(15)22-17(21)14(13-20)18(24)25-2/h4-5,7-8,13,19H,3,6,9-12H2,1-2H3/t19-,20-,21-/m0/s1. The molecule has 1 aliphatic carbocycles. The van der Waals surface area contributed by atoms with Crippen molar-refractivity contribution in [2.45, 2.75) is 44.1 Å². The summed E-state index contributed by atoms with van der Waals surface area (Å²) in [4.78, 5) is 20.3. The topological polar surface area (TPSA) is 41.9 Å². The summed E-state index contributed by atoms with van der Waals surface area (Å²) in [5.41, 5.74) is 3.90. The highest BCUT2D eigenvalue weighted by Gasteiger charge is 2.65. The van der Waals surface area contributed by atoms with Crippen molar-refractivity contribution in [1.29, 1.82) is 0 Å². The number of methoxy groups -OCH3 is 1. The molecule has 4 nitrogen and oxygen atoms in total. The number of esters is 1. The van der Waals surface area contributed by atoms with E-state index in [1.165, 1.54) is 19.1 Å². The van der Waals surface area contributed by atoms with Crippen LogP contribution in [0.1, 0.15) is 38.2 Å². The molecule has 1 aromatic carbocycles. The van der Waals surface area contributed by atoms with Crippen molar-refractivity contribution in [2.24, 2.45) is 10.4 Å². The monoisotopic (exact) mass is 336 g/mol. The number of carbonyl (C=O) groups excluding carboxylic acids is 1. The Balaban J connectivity index is 1.82. The normalized spacial score (nSPS) is 35.4. The number of benzene rings is 1. The van der Waals surface area contributed by atoms with Gasteiger partial charge in [0.1, 0.15) is 0 Å². The van der Waals surface area contributed by atoms with Gasteiger partial charge in [-0.1, -0.05) is 31.2 Å².